The Morgan fingerprint density at radius 3 is 2.93 bits per heavy atom. The zero-order chi connectivity index (χ0) is 19.4. The molecule has 27 heavy (non-hydrogen) atoms. The van der Waals surface area contributed by atoms with Gasteiger partial charge in [0.15, 0.2) is 0 Å². The minimum Gasteiger partial charge on any atom is -0.383 e. The molecule has 1 aromatic rings. The van der Waals surface area contributed by atoms with E-state index in [0.717, 1.165) is 36.7 Å². The Hall–Kier alpha value is -1.97. The molecule has 148 valence electrons. The predicted molar refractivity (Wildman–Crippen MR) is 99.1 cm³/mol. The third-order valence-corrected chi connectivity index (χ3v) is 6.83. The molecule has 0 spiro atoms. The van der Waals surface area contributed by atoms with Crippen molar-refractivity contribution in [2.75, 3.05) is 39.9 Å². The first kappa shape index (κ1) is 19.8. The fourth-order valence-corrected chi connectivity index (χ4v) is 5.05. The Morgan fingerprint density at radius 1 is 1.41 bits per heavy atom. The molecule has 0 saturated carbocycles. The van der Waals surface area contributed by atoms with Crippen LogP contribution in [0.5, 0.6) is 0 Å². The third-order valence-electron chi connectivity index (χ3n) is 5.00. The van der Waals surface area contributed by atoms with Gasteiger partial charge >= 0.3 is 0 Å². The van der Waals surface area contributed by atoms with Crippen LogP contribution in [0, 0.1) is 5.92 Å². The Balaban J connectivity index is 1.67. The molecule has 8 nitrogen and oxygen atoms in total. The van der Waals surface area contributed by atoms with Crippen LogP contribution in [-0.4, -0.2) is 64.4 Å². The van der Waals surface area contributed by atoms with Crippen LogP contribution in [0.15, 0.2) is 23.1 Å². The van der Waals surface area contributed by atoms with Crippen molar-refractivity contribution in [3.63, 3.8) is 0 Å². The van der Waals surface area contributed by atoms with Gasteiger partial charge in [0, 0.05) is 19.2 Å². The van der Waals surface area contributed by atoms with Crippen LogP contribution in [-0.2, 0) is 14.8 Å². The van der Waals surface area contributed by atoms with Gasteiger partial charge in [-0.2, -0.15) is 0 Å². The highest BCUT2D eigenvalue weighted by molar-refractivity contribution is 7.90. The number of methoxy groups -OCH3 is 1. The van der Waals surface area contributed by atoms with E-state index in [9.17, 15) is 18.0 Å². The SMILES string of the molecule is COCCN1C(=O)c2ccc(C(=O)NCCC3CCCNC3)cc2S1(=O)=O. The van der Waals surface area contributed by atoms with Crippen molar-refractivity contribution in [1.82, 2.24) is 14.9 Å². The lowest BCUT2D eigenvalue weighted by atomic mass is 9.96. The van der Waals surface area contributed by atoms with Crippen LogP contribution in [0.3, 0.4) is 0 Å². The molecule has 1 atom stereocenters. The van der Waals surface area contributed by atoms with E-state index < -0.39 is 15.9 Å². The number of sulfonamides is 1. The van der Waals surface area contributed by atoms with E-state index in [-0.39, 0.29) is 35.1 Å². The Kier molecular flexibility index (Phi) is 6.13. The molecule has 1 saturated heterocycles. The molecule has 0 aliphatic carbocycles. The molecule has 2 aliphatic heterocycles. The summed E-state index contributed by atoms with van der Waals surface area (Å²) in [7, 11) is -2.51. The van der Waals surface area contributed by atoms with E-state index in [1.807, 2.05) is 0 Å². The lowest BCUT2D eigenvalue weighted by molar-refractivity contribution is 0.0835. The molecular formula is C18H25N3O5S. The minimum absolute atomic E-state index is 0.0523. The van der Waals surface area contributed by atoms with E-state index in [2.05, 4.69) is 10.6 Å². The number of ether oxygens (including phenoxy) is 1. The fraction of sp³-hybridized carbons (Fsp3) is 0.556. The summed E-state index contributed by atoms with van der Waals surface area (Å²) >= 11 is 0. The topological polar surface area (TPSA) is 105 Å². The van der Waals surface area contributed by atoms with Gasteiger partial charge in [0.25, 0.3) is 21.8 Å². The first-order valence-electron chi connectivity index (χ1n) is 9.14. The quantitative estimate of drug-likeness (QED) is 0.700. The minimum atomic E-state index is -3.95. The largest absolute Gasteiger partial charge is 0.383 e. The highest BCUT2D eigenvalue weighted by atomic mass is 32.2. The summed E-state index contributed by atoms with van der Waals surface area (Å²) in [6, 6.07) is 4.18. The van der Waals surface area contributed by atoms with E-state index >= 15 is 0 Å². The normalized spacial score (nSPS) is 21.1. The molecule has 0 radical (unpaired) electrons. The van der Waals surface area contributed by atoms with E-state index in [1.165, 1.54) is 25.3 Å². The van der Waals surface area contributed by atoms with Gasteiger partial charge in [-0.15, -0.1) is 0 Å². The van der Waals surface area contributed by atoms with Gasteiger partial charge in [-0.05, 0) is 56.5 Å². The highest BCUT2D eigenvalue weighted by Crippen LogP contribution is 2.30. The Bertz CT molecular complexity index is 818. The van der Waals surface area contributed by atoms with Crippen LogP contribution in [0.4, 0.5) is 0 Å². The Morgan fingerprint density at radius 2 is 2.22 bits per heavy atom. The number of hydrogen-bond acceptors (Lipinski definition) is 6. The monoisotopic (exact) mass is 395 g/mol. The van der Waals surface area contributed by atoms with Crippen molar-refractivity contribution in [3.05, 3.63) is 29.3 Å². The number of nitrogens with zero attached hydrogens (tertiary/aromatic N) is 1. The second-order valence-corrected chi connectivity index (χ2v) is 8.67. The smallest absolute Gasteiger partial charge is 0.269 e. The summed E-state index contributed by atoms with van der Waals surface area (Å²) in [5, 5.41) is 6.18. The van der Waals surface area contributed by atoms with Crippen molar-refractivity contribution >= 4 is 21.8 Å². The average molecular weight is 395 g/mol. The van der Waals surface area contributed by atoms with Crippen LogP contribution in [0.1, 0.15) is 40.0 Å². The summed E-state index contributed by atoms with van der Waals surface area (Å²) in [4.78, 5) is 24.6. The fourth-order valence-electron chi connectivity index (χ4n) is 3.47. The van der Waals surface area contributed by atoms with Crippen molar-refractivity contribution in [2.45, 2.75) is 24.2 Å². The van der Waals surface area contributed by atoms with Crippen LogP contribution >= 0.6 is 0 Å². The van der Waals surface area contributed by atoms with Crippen molar-refractivity contribution in [1.29, 1.82) is 0 Å². The van der Waals surface area contributed by atoms with Gasteiger partial charge in [-0.3, -0.25) is 9.59 Å². The number of carbonyl (C=O) groups is 2. The number of nitrogens with one attached hydrogen (secondary N) is 2. The van der Waals surface area contributed by atoms with Crippen LogP contribution in [0.25, 0.3) is 0 Å². The second kappa shape index (κ2) is 8.37. The van der Waals surface area contributed by atoms with E-state index in [0.29, 0.717) is 12.5 Å². The van der Waals surface area contributed by atoms with E-state index in [1.54, 1.807) is 0 Å². The summed E-state index contributed by atoms with van der Waals surface area (Å²) in [5.74, 6) is -0.371. The van der Waals surface area contributed by atoms with Crippen LogP contribution < -0.4 is 10.6 Å². The van der Waals surface area contributed by atoms with Gasteiger partial charge < -0.3 is 15.4 Å². The number of carbonyl (C=O) groups excluding carboxylic acids is 2. The van der Waals surface area contributed by atoms with Crippen molar-refractivity contribution < 1.29 is 22.7 Å². The van der Waals surface area contributed by atoms with Crippen molar-refractivity contribution in [3.8, 4) is 0 Å². The molecule has 2 heterocycles. The highest BCUT2D eigenvalue weighted by Gasteiger charge is 2.41. The second-order valence-electron chi connectivity index (χ2n) is 6.84. The van der Waals surface area contributed by atoms with Gasteiger partial charge in [-0.1, -0.05) is 0 Å². The lowest BCUT2D eigenvalue weighted by Crippen LogP contribution is -2.33. The number of benzene rings is 1. The summed E-state index contributed by atoms with van der Waals surface area (Å²) < 4.78 is 30.9. The average Bonchev–Trinajstić information content (AvgIpc) is 2.86. The molecule has 0 aromatic heterocycles. The molecule has 1 aromatic carbocycles. The zero-order valence-corrected chi connectivity index (χ0v) is 16.2. The van der Waals surface area contributed by atoms with Gasteiger partial charge in [0.1, 0.15) is 4.90 Å². The third kappa shape index (κ3) is 4.15. The molecule has 3 rings (SSSR count). The van der Waals surface area contributed by atoms with E-state index in [4.69, 9.17) is 4.74 Å². The summed E-state index contributed by atoms with van der Waals surface area (Å²) in [5.41, 5.74) is 0.330. The maximum Gasteiger partial charge on any atom is 0.269 e. The molecule has 2 amide bonds. The maximum absolute atomic E-state index is 12.6. The molecule has 2 aliphatic rings. The predicted octanol–water partition coefficient (Wildman–Crippen LogP) is 0.597. The number of amides is 2. The van der Waals surface area contributed by atoms with Crippen molar-refractivity contribution in [2.24, 2.45) is 5.92 Å². The molecule has 1 unspecified atom stereocenters. The molecule has 2 N–H and O–H groups in total. The summed E-state index contributed by atoms with van der Waals surface area (Å²) in [6.45, 7) is 2.61. The number of piperidine rings is 1. The number of hydrogen-bond donors (Lipinski definition) is 2. The molecule has 1 fully saturated rings. The van der Waals surface area contributed by atoms with Crippen LogP contribution in [0.2, 0.25) is 0 Å². The first-order valence-corrected chi connectivity index (χ1v) is 10.6. The number of rotatable bonds is 7. The maximum atomic E-state index is 12.6. The zero-order valence-electron chi connectivity index (χ0n) is 15.4. The van der Waals surface area contributed by atoms with Gasteiger partial charge in [0.2, 0.25) is 0 Å². The molecule has 0 bridgehead atoms. The first-order chi connectivity index (χ1) is 12.9. The number of fused-ring (bicyclic) bond motifs is 1. The molecular weight excluding hydrogens is 370 g/mol. The summed E-state index contributed by atoms with van der Waals surface area (Å²) in [6.07, 6.45) is 3.18. The lowest BCUT2D eigenvalue weighted by Gasteiger charge is -2.22. The Labute approximate surface area is 159 Å². The molecule has 9 heteroatoms. The van der Waals surface area contributed by atoms with Gasteiger partial charge in [-0.25, -0.2) is 12.7 Å². The standard InChI is InChI=1S/C18H25N3O5S/c1-26-10-9-21-18(23)15-5-4-14(11-16(15)27(21,24)25)17(22)20-8-6-13-3-2-7-19-12-13/h4-5,11,13,19H,2-3,6-10,12H2,1H3,(H,20,22). The van der Waals surface area contributed by atoms with Gasteiger partial charge in [0.05, 0.1) is 18.7 Å².